The van der Waals surface area contributed by atoms with Gasteiger partial charge in [0.2, 0.25) is 0 Å². The van der Waals surface area contributed by atoms with Crippen molar-refractivity contribution in [3.05, 3.63) is 0 Å². The van der Waals surface area contributed by atoms with Gasteiger partial charge in [-0.2, -0.15) is 0 Å². The van der Waals surface area contributed by atoms with Gasteiger partial charge in [0.25, 0.3) is 5.91 Å². The van der Waals surface area contributed by atoms with Crippen molar-refractivity contribution in [2.45, 2.75) is 25.3 Å². The third-order valence-corrected chi connectivity index (χ3v) is 3.19. The maximum Gasteiger partial charge on any atom is 0.254 e. The number of carbonyl (C=O) groups is 1. The van der Waals surface area contributed by atoms with Crippen LogP contribution < -0.4 is 5.32 Å². The van der Waals surface area contributed by atoms with Crippen LogP contribution in [-0.4, -0.2) is 28.5 Å². The molecular weight excluding hydrogens is 172 g/mol. The molecule has 1 N–H and O–H groups in total. The van der Waals surface area contributed by atoms with Crippen LogP contribution >= 0.6 is 12.2 Å². The van der Waals surface area contributed by atoms with Gasteiger partial charge in [-0.25, -0.2) is 0 Å². The smallest absolute Gasteiger partial charge is 0.254 e. The fourth-order valence-corrected chi connectivity index (χ4v) is 2.03. The van der Waals surface area contributed by atoms with E-state index in [4.69, 9.17) is 12.2 Å². The molecule has 1 saturated heterocycles. The van der Waals surface area contributed by atoms with Gasteiger partial charge >= 0.3 is 0 Å². The van der Waals surface area contributed by atoms with Crippen LogP contribution in [0.3, 0.4) is 0 Å². The van der Waals surface area contributed by atoms with Gasteiger partial charge in [0.05, 0.1) is 0 Å². The van der Waals surface area contributed by atoms with E-state index >= 15 is 0 Å². The lowest BCUT2D eigenvalue weighted by Gasteiger charge is -2.20. The van der Waals surface area contributed by atoms with Gasteiger partial charge in [-0.3, -0.25) is 9.69 Å². The van der Waals surface area contributed by atoms with E-state index in [9.17, 15) is 4.79 Å². The summed E-state index contributed by atoms with van der Waals surface area (Å²) in [6.07, 6.45) is 2.29. The van der Waals surface area contributed by atoms with Crippen LogP contribution in [0.5, 0.6) is 0 Å². The molecule has 1 heterocycles. The van der Waals surface area contributed by atoms with E-state index in [0.717, 1.165) is 12.8 Å². The number of carbonyl (C=O) groups excluding carboxylic acids is 1. The number of nitrogens with one attached hydrogen (secondary N) is 1. The topological polar surface area (TPSA) is 32.3 Å². The first kappa shape index (κ1) is 7.98. The van der Waals surface area contributed by atoms with Gasteiger partial charge in [0.15, 0.2) is 5.11 Å². The second kappa shape index (κ2) is 2.19. The maximum atomic E-state index is 11.7. The Morgan fingerprint density at radius 2 is 2.25 bits per heavy atom. The zero-order chi connectivity index (χ0) is 8.93. The van der Waals surface area contributed by atoms with Crippen molar-refractivity contribution in [2.75, 3.05) is 7.05 Å². The van der Waals surface area contributed by atoms with Crippen LogP contribution in [0.1, 0.15) is 19.8 Å². The summed E-state index contributed by atoms with van der Waals surface area (Å²) in [5.74, 6) is 0.614. The first-order chi connectivity index (χ1) is 5.55. The van der Waals surface area contributed by atoms with Crippen molar-refractivity contribution in [2.24, 2.45) is 5.92 Å². The van der Waals surface area contributed by atoms with Crippen molar-refractivity contribution in [1.82, 2.24) is 10.2 Å². The van der Waals surface area contributed by atoms with Gasteiger partial charge in [-0.1, -0.05) is 0 Å². The Bertz CT molecular complexity index is 262. The van der Waals surface area contributed by atoms with Crippen molar-refractivity contribution in [3.8, 4) is 0 Å². The number of amides is 1. The van der Waals surface area contributed by atoms with E-state index < -0.39 is 5.54 Å². The molecule has 2 fully saturated rings. The minimum absolute atomic E-state index is 0.120. The highest BCUT2D eigenvalue weighted by atomic mass is 32.1. The maximum absolute atomic E-state index is 11.7. The summed E-state index contributed by atoms with van der Waals surface area (Å²) in [7, 11) is 1.73. The molecule has 3 nitrogen and oxygen atoms in total. The van der Waals surface area contributed by atoms with Gasteiger partial charge in [0.1, 0.15) is 5.54 Å². The SMILES string of the molecule is CN1C(=O)C(C)(C2CC2)NC1=S. The predicted molar refractivity (Wildman–Crippen MR) is 49.6 cm³/mol. The third-order valence-electron chi connectivity index (χ3n) is 2.81. The molecule has 12 heavy (non-hydrogen) atoms. The average Bonchev–Trinajstić information content (AvgIpc) is 2.80. The number of hydrogen-bond donors (Lipinski definition) is 1. The van der Waals surface area contributed by atoms with Crippen LogP contribution in [0.25, 0.3) is 0 Å². The minimum atomic E-state index is -0.397. The first-order valence-electron chi connectivity index (χ1n) is 4.16. The lowest BCUT2D eigenvalue weighted by Crippen LogP contribution is -2.45. The zero-order valence-electron chi connectivity index (χ0n) is 7.26. The number of likely N-dealkylation sites (N-methyl/N-ethyl adjacent to an activating group) is 1. The van der Waals surface area contributed by atoms with Crippen molar-refractivity contribution in [3.63, 3.8) is 0 Å². The van der Waals surface area contributed by atoms with E-state index in [1.165, 1.54) is 4.90 Å². The molecule has 0 bridgehead atoms. The summed E-state index contributed by atoms with van der Waals surface area (Å²) in [5.41, 5.74) is -0.397. The highest BCUT2D eigenvalue weighted by molar-refractivity contribution is 7.80. The molecule has 0 radical (unpaired) electrons. The number of rotatable bonds is 1. The monoisotopic (exact) mass is 184 g/mol. The summed E-state index contributed by atoms with van der Waals surface area (Å²) in [6, 6.07) is 0. The fraction of sp³-hybridized carbons (Fsp3) is 0.750. The Morgan fingerprint density at radius 3 is 2.58 bits per heavy atom. The number of thiocarbonyl (C=S) groups is 1. The summed E-state index contributed by atoms with van der Waals surface area (Å²) in [4.78, 5) is 13.2. The summed E-state index contributed by atoms with van der Waals surface area (Å²) in [6.45, 7) is 1.95. The van der Waals surface area contributed by atoms with E-state index in [-0.39, 0.29) is 5.91 Å². The fourth-order valence-electron chi connectivity index (χ4n) is 1.74. The summed E-state index contributed by atoms with van der Waals surface area (Å²) < 4.78 is 0. The van der Waals surface area contributed by atoms with Gasteiger partial charge in [-0.05, 0) is 37.9 Å². The Kier molecular flexibility index (Phi) is 1.46. The van der Waals surface area contributed by atoms with Crippen LogP contribution in [-0.2, 0) is 4.79 Å². The largest absolute Gasteiger partial charge is 0.348 e. The molecule has 1 amide bonds. The van der Waals surface area contributed by atoms with E-state index in [2.05, 4.69) is 5.32 Å². The Labute approximate surface area is 77.1 Å². The number of hydrogen-bond acceptors (Lipinski definition) is 2. The molecule has 1 aliphatic heterocycles. The molecule has 1 unspecified atom stereocenters. The van der Waals surface area contributed by atoms with Gasteiger partial charge in [-0.15, -0.1) is 0 Å². The molecule has 4 heteroatoms. The minimum Gasteiger partial charge on any atom is -0.348 e. The normalized spacial score (nSPS) is 35.7. The predicted octanol–water partition coefficient (Wildman–Crippen LogP) is 0.502. The van der Waals surface area contributed by atoms with Gasteiger partial charge < -0.3 is 5.32 Å². The van der Waals surface area contributed by atoms with Crippen molar-refractivity contribution < 1.29 is 4.79 Å². The van der Waals surface area contributed by atoms with Gasteiger partial charge in [0, 0.05) is 7.05 Å². The second-order valence-corrected chi connectivity index (χ2v) is 4.16. The van der Waals surface area contributed by atoms with Crippen molar-refractivity contribution in [1.29, 1.82) is 0 Å². The molecule has 0 aromatic carbocycles. The zero-order valence-corrected chi connectivity index (χ0v) is 8.07. The molecule has 0 spiro atoms. The molecule has 0 aromatic heterocycles. The highest BCUT2D eigenvalue weighted by Gasteiger charge is 2.53. The summed E-state index contributed by atoms with van der Waals surface area (Å²) >= 11 is 5.01. The molecule has 66 valence electrons. The average molecular weight is 184 g/mol. The molecule has 2 rings (SSSR count). The molecule has 1 aliphatic carbocycles. The Hall–Kier alpha value is -0.640. The Morgan fingerprint density at radius 1 is 1.67 bits per heavy atom. The standard InChI is InChI=1S/C8H12N2OS/c1-8(5-3-4-5)6(11)10(2)7(12)9-8/h5H,3-4H2,1-2H3,(H,9,12). The van der Waals surface area contributed by atoms with Crippen LogP contribution in [0.4, 0.5) is 0 Å². The molecule has 0 aromatic rings. The Balaban J connectivity index is 2.28. The molecular formula is C8H12N2OS. The van der Waals surface area contributed by atoms with Crippen LogP contribution in [0.2, 0.25) is 0 Å². The highest BCUT2D eigenvalue weighted by Crippen LogP contribution is 2.42. The first-order valence-corrected chi connectivity index (χ1v) is 4.57. The quantitative estimate of drug-likeness (QED) is 0.602. The van der Waals surface area contributed by atoms with E-state index in [1.54, 1.807) is 7.05 Å². The number of nitrogens with zero attached hydrogens (tertiary/aromatic N) is 1. The summed E-state index contributed by atoms with van der Waals surface area (Å²) in [5, 5.41) is 3.66. The van der Waals surface area contributed by atoms with Crippen LogP contribution in [0.15, 0.2) is 0 Å². The molecule has 1 saturated carbocycles. The molecule has 1 atom stereocenters. The van der Waals surface area contributed by atoms with E-state index in [1.807, 2.05) is 6.92 Å². The third kappa shape index (κ3) is 0.874. The second-order valence-electron chi connectivity index (χ2n) is 3.77. The lowest BCUT2D eigenvalue weighted by atomic mass is 9.96. The van der Waals surface area contributed by atoms with E-state index in [0.29, 0.717) is 11.0 Å². The molecule has 2 aliphatic rings. The van der Waals surface area contributed by atoms with Crippen LogP contribution in [0, 0.1) is 5.92 Å². The van der Waals surface area contributed by atoms with Crippen molar-refractivity contribution >= 4 is 23.2 Å². The lowest BCUT2D eigenvalue weighted by molar-refractivity contribution is -0.130.